The van der Waals surface area contributed by atoms with Gasteiger partial charge in [0.2, 0.25) is 13.6 Å². The fourth-order valence-electron chi connectivity index (χ4n) is 7.77. The van der Waals surface area contributed by atoms with Crippen LogP contribution in [-0.2, 0) is 29.4 Å². The lowest BCUT2D eigenvalue weighted by Gasteiger charge is -2.29. The number of pyridine rings is 1. The summed E-state index contributed by atoms with van der Waals surface area (Å²) >= 11 is 2.58. The van der Waals surface area contributed by atoms with Crippen molar-refractivity contribution in [2.75, 3.05) is 18.9 Å². The minimum Gasteiger partial charge on any atom is -0.454 e. The van der Waals surface area contributed by atoms with E-state index in [2.05, 4.69) is 111 Å². The van der Waals surface area contributed by atoms with Crippen molar-refractivity contribution in [2.45, 2.75) is 109 Å². The molecule has 1 aromatic heterocycles. The van der Waals surface area contributed by atoms with Gasteiger partial charge in [0.25, 0.3) is 0 Å². The first kappa shape index (κ1) is 41.2. The van der Waals surface area contributed by atoms with E-state index in [1.807, 2.05) is 42.5 Å². The highest BCUT2D eigenvalue weighted by Crippen LogP contribution is 2.56. The number of halogens is 1. The van der Waals surface area contributed by atoms with Gasteiger partial charge in [-0.25, -0.2) is 0 Å². The van der Waals surface area contributed by atoms with Gasteiger partial charge in [-0.2, -0.15) is 0 Å². The first-order valence-corrected chi connectivity index (χ1v) is 23.5. The van der Waals surface area contributed by atoms with Gasteiger partial charge in [0.15, 0.2) is 30.1 Å². The largest absolute Gasteiger partial charge is 0.454 e. The van der Waals surface area contributed by atoms with Crippen LogP contribution in [0, 0.1) is 0 Å². The van der Waals surface area contributed by atoms with Gasteiger partial charge in [-0.1, -0.05) is 102 Å². The highest BCUT2D eigenvalue weighted by molar-refractivity contribution is 14.1. The van der Waals surface area contributed by atoms with Crippen LogP contribution in [0.1, 0.15) is 112 Å². The van der Waals surface area contributed by atoms with Crippen molar-refractivity contribution in [3.63, 3.8) is 0 Å². The summed E-state index contributed by atoms with van der Waals surface area (Å²) in [6.07, 6.45) is 9.99. The molecule has 0 saturated carbocycles. The topological polar surface area (TPSA) is 78.9 Å². The Morgan fingerprint density at radius 1 is 0.754 bits per heavy atom. The van der Waals surface area contributed by atoms with E-state index < -0.39 is 7.14 Å². The summed E-state index contributed by atoms with van der Waals surface area (Å²) in [6.45, 7) is 14.0. The lowest BCUT2D eigenvalue weighted by atomic mass is 9.86. The zero-order valence-electron chi connectivity index (χ0n) is 34.3. The highest BCUT2D eigenvalue weighted by atomic mass is 127. The maximum Gasteiger partial charge on any atom is 0.231 e. The number of nitrogens with zero attached hydrogens (tertiary/aromatic N) is 1. The van der Waals surface area contributed by atoms with Crippen molar-refractivity contribution in [3.05, 3.63) is 113 Å². The minimum atomic E-state index is -3.71. The van der Waals surface area contributed by atoms with Crippen molar-refractivity contribution in [1.82, 2.24) is 4.98 Å². The van der Waals surface area contributed by atoms with Gasteiger partial charge < -0.3 is 28.8 Å². The highest BCUT2D eigenvalue weighted by Gasteiger charge is 2.40. The van der Waals surface area contributed by atoms with Gasteiger partial charge in [-0.15, -0.1) is 0 Å². The van der Waals surface area contributed by atoms with Crippen molar-refractivity contribution in [3.8, 4) is 34.1 Å². The number of fused-ring (bicyclic) bond motifs is 2. The predicted molar refractivity (Wildman–Crippen MR) is 243 cm³/mol. The normalized spacial score (nSPS) is 14.7. The molecule has 2 aliphatic heterocycles. The van der Waals surface area contributed by atoms with E-state index >= 15 is 4.57 Å². The Bertz CT molecular complexity index is 2250. The first-order valence-electron chi connectivity index (χ1n) is 20.6. The van der Waals surface area contributed by atoms with E-state index in [1.54, 1.807) is 6.20 Å². The molecule has 57 heavy (non-hydrogen) atoms. The summed E-state index contributed by atoms with van der Waals surface area (Å²) in [5.74, 6) is 2.36. The SMILES string of the molecule is CCCCc1cc(C(I)CCC)cc(P(=O)(c2cc(CCCC)cc(C(C)(C)C)c2)c2ccc3c(c2-c2c(NCc4ccccn4)ccc4c2OCO4)OCO3)c1. The van der Waals surface area contributed by atoms with Crippen molar-refractivity contribution >= 4 is 51.3 Å². The third kappa shape index (κ3) is 8.73. The fraction of sp³-hybridized carbons (Fsp3) is 0.396. The molecule has 0 bridgehead atoms. The summed E-state index contributed by atoms with van der Waals surface area (Å²) < 4.78 is 42.6. The monoisotopic (exact) mass is 898 g/mol. The van der Waals surface area contributed by atoms with Crippen LogP contribution in [0.4, 0.5) is 5.69 Å². The number of aryl methyl sites for hydroxylation is 2. The Balaban J connectivity index is 1.57. The second kappa shape index (κ2) is 17.9. The number of ether oxygens (including phenoxy) is 4. The fourth-order valence-corrected chi connectivity index (χ4v) is 11.8. The average Bonchev–Trinajstić information content (AvgIpc) is 3.91. The van der Waals surface area contributed by atoms with Crippen LogP contribution in [-0.4, -0.2) is 18.6 Å². The molecular weight excluding hydrogens is 842 g/mol. The molecule has 2 unspecified atom stereocenters. The van der Waals surface area contributed by atoms with Crippen LogP contribution in [0.15, 0.2) is 85.1 Å². The van der Waals surface area contributed by atoms with Crippen LogP contribution in [0.25, 0.3) is 11.1 Å². The molecule has 0 saturated heterocycles. The molecule has 0 amide bonds. The number of aromatic nitrogens is 1. The van der Waals surface area contributed by atoms with E-state index in [0.717, 1.165) is 78.9 Å². The van der Waals surface area contributed by atoms with Gasteiger partial charge in [0.1, 0.15) is 0 Å². The summed E-state index contributed by atoms with van der Waals surface area (Å²) in [5.41, 5.74) is 7.75. The lowest BCUT2D eigenvalue weighted by Crippen LogP contribution is -2.29. The smallest absolute Gasteiger partial charge is 0.231 e. The number of unbranched alkanes of at least 4 members (excludes halogenated alkanes) is 2. The quantitative estimate of drug-likeness (QED) is 0.0600. The third-order valence-electron chi connectivity index (χ3n) is 10.9. The molecule has 7 rings (SSSR count). The van der Waals surface area contributed by atoms with Crippen LogP contribution < -0.4 is 40.2 Å². The van der Waals surface area contributed by atoms with Gasteiger partial charge >= 0.3 is 0 Å². The summed E-state index contributed by atoms with van der Waals surface area (Å²) in [7, 11) is -3.71. The van der Waals surface area contributed by atoms with E-state index in [9.17, 15) is 0 Å². The first-order chi connectivity index (χ1) is 27.5. The third-order valence-corrected chi connectivity index (χ3v) is 15.3. The van der Waals surface area contributed by atoms with E-state index in [-0.39, 0.29) is 22.9 Å². The predicted octanol–water partition coefficient (Wildman–Crippen LogP) is 11.7. The molecule has 4 aromatic carbocycles. The molecule has 2 aliphatic rings. The van der Waals surface area contributed by atoms with E-state index in [1.165, 1.54) is 22.3 Å². The Kier molecular flexibility index (Phi) is 12.9. The molecule has 9 heteroatoms. The van der Waals surface area contributed by atoms with Crippen LogP contribution in [0.5, 0.6) is 23.0 Å². The van der Waals surface area contributed by atoms with Crippen molar-refractivity contribution in [1.29, 1.82) is 0 Å². The Morgan fingerprint density at radius 2 is 1.40 bits per heavy atom. The average molecular weight is 899 g/mol. The number of anilines is 1. The zero-order valence-corrected chi connectivity index (χ0v) is 37.3. The molecule has 0 radical (unpaired) electrons. The molecule has 5 aromatic rings. The van der Waals surface area contributed by atoms with Crippen molar-refractivity contribution < 1.29 is 23.5 Å². The molecular formula is C48H56IN2O5P. The molecule has 3 heterocycles. The van der Waals surface area contributed by atoms with Gasteiger partial charge in [0.05, 0.1) is 17.8 Å². The summed E-state index contributed by atoms with van der Waals surface area (Å²) in [4.78, 5) is 4.58. The Morgan fingerprint density at radius 3 is 2.04 bits per heavy atom. The van der Waals surface area contributed by atoms with Gasteiger partial charge in [-0.05, 0) is 120 Å². The molecule has 0 aliphatic carbocycles. The maximum atomic E-state index is 17.5. The number of rotatable bonds is 16. The number of benzene rings is 4. The number of nitrogens with one attached hydrogen (secondary N) is 1. The Hall–Kier alpha value is -4.01. The lowest BCUT2D eigenvalue weighted by molar-refractivity contribution is 0.173. The van der Waals surface area contributed by atoms with E-state index in [0.29, 0.717) is 40.4 Å². The molecule has 300 valence electrons. The number of alkyl halides is 1. The molecule has 7 nitrogen and oxygen atoms in total. The summed E-state index contributed by atoms with van der Waals surface area (Å²) in [6, 6.07) is 27.4. The molecule has 2 atom stereocenters. The molecule has 0 fully saturated rings. The van der Waals surface area contributed by atoms with Gasteiger partial charge in [0, 0.05) is 37.3 Å². The standard InChI is InChI=1S/C48H56IN2O5P/c1-7-10-15-32-23-34(39(49)14-9-3)27-37(25-32)57(52,38-26-33(16-11-8-2)24-35(28-38)48(4,5)6)43-21-20-42-47(56-31-54-42)45(43)44-40(18-19-41-46(44)55-30-53-41)51-29-36-17-12-13-22-50-36/h12-13,17-28,39,51H,7-11,14-16,29-31H2,1-6H3. The second-order valence-corrected chi connectivity index (χ2v) is 20.5. The zero-order chi connectivity index (χ0) is 40.2. The van der Waals surface area contributed by atoms with Crippen molar-refractivity contribution in [2.24, 2.45) is 0 Å². The van der Waals surface area contributed by atoms with E-state index in [4.69, 9.17) is 18.9 Å². The van der Waals surface area contributed by atoms with Crippen LogP contribution in [0.2, 0.25) is 0 Å². The number of hydrogen-bond donors (Lipinski definition) is 1. The van der Waals surface area contributed by atoms with Crippen LogP contribution in [0.3, 0.4) is 0 Å². The van der Waals surface area contributed by atoms with Gasteiger partial charge in [-0.3, -0.25) is 4.98 Å². The molecule has 1 N–H and O–H groups in total. The summed E-state index contributed by atoms with van der Waals surface area (Å²) in [5, 5.41) is 6.00. The van der Waals surface area contributed by atoms with Crippen LogP contribution >= 0.6 is 29.7 Å². The second-order valence-electron chi connectivity index (χ2n) is 16.2. The minimum absolute atomic E-state index is 0.0595. The maximum absolute atomic E-state index is 17.5. The Labute approximate surface area is 352 Å². The number of hydrogen-bond acceptors (Lipinski definition) is 7. The molecule has 0 spiro atoms.